The SMILES string of the molecule is CCNC(c1ccc(F)c(F)c1)C1(N(C)C)CCCC1. The molecule has 0 aliphatic heterocycles. The van der Waals surface area contributed by atoms with Crippen LogP contribution in [-0.2, 0) is 0 Å². The zero-order valence-corrected chi connectivity index (χ0v) is 12.5. The predicted molar refractivity (Wildman–Crippen MR) is 77.7 cm³/mol. The molecule has 0 amide bonds. The van der Waals surface area contributed by atoms with E-state index in [0.717, 1.165) is 24.9 Å². The lowest BCUT2D eigenvalue weighted by molar-refractivity contribution is 0.105. The van der Waals surface area contributed by atoms with Gasteiger partial charge in [0.25, 0.3) is 0 Å². The van der Waals surface area contributed by atoms with Crippen LogP contribution < -0.4 is 5.32 Å². The van der Waals surface area contributed by atoms with E-state index in [0.29, 0.717) is 0 Å². The number of nitrogens with zero attached hydrogens (tertiary/aromatic N) is 1. The van der Waals surface area contributed by atoms with Gasteiger partial charge in [0.15, 0.2) is 11.6 Å². The van der Waals surface area contributed by atoms with E-state index in [-0.39, 0.29) is 11.6 Å². The van der Waals surface area contributed by atoms with Gasteiger partial charge in [0, 0.05) is 5.54 Å². The van der Waals surface area contributed by atoms with Crippen molar-refractivity contribution in [3.63, 3.8) is 0 Å². The molecule has 0 radical (unpaired) electrons. The van der Waals surface area contributed by atoms with Crippen molar-refractivity contribution in [2.75, 3.05) is 20.6 Å². The maximum absolute atomic E-state index is 13.6. The van der Waals surface area contributed by atoms with Gasteiger partial charge in [-0.3, -0.25) is 0 Å². The Hall–Kier alpha value is -1.00. The van der Waals surface area contributed by atoms with Gasteiger partial charge in [-0.25, -0.2) is 8.78 Å². The van der Waals surface area contributed by atoms with E-state index in [1.165, 1.54) is 25.0 Å². The Labute approximate surface area is 120 Å². The van der Waals surface area contributed by atoms with Crippen LogP contribution in [0.4, 0.5) is 8.78 Å². The monoisotopic (exact) mass is 282 g/mol. The van der Waals surface area contributed by atoms with E-state index >= 15 is 0 Å². The molecule has 0 saturated heterocycles. The Balaban J connectivity index is 2.41. The summed E-state index contributed by atoms with van der Waals surface area (Å²) in [6.45, 7) is 2.85. The first-order valence-electron chi connectivity index (χ1n) is 7.37. The fraction of sp³-hybridized carbons (Fsp3) is 0.625. The van der Waals surface area contributed by atoms with Crippen LogP contribution in [-0.4, -0.2) is 31.1 Å². The third-order valence-corrected chi connectivity index (χ3v) is 4.58. The fourth-order valence-electron chi connectivity index (χ4n) is 3.50. The van der Waals surface area contributed by atoms with Gasteiger partial charge >= 0.3 is 0 Å². The number of halogens is 2. The Morgan fingerprint density at radius 2 is 1.85 bits per heavy atom. The van der Waals surface area contributed by atoms with E-state index in [1.54, 1.807) is 6.07 Å². The predicted octanol–water partition coefficient (Wildman–Crippen LogP) is 3.49. The molecule has 112 valence electrons. The molecule has 1 unspecified atom stereocenters. The molecule has 1 aromatic carbocycles. The molecule has 2 nitrogen and oxygen atoms in total. The van der Waals surface area contributed by atoms with Crippen LogP contribution >= 0.6 is 0 Å². The van der Waals surface area contributed by atoms with Crippen molar-refractivity contribution in [2.24, 2.45) is 0 Å². The lowest BCUT2D eigenvalue weighted by Gasteiger charge is -2.44. The molecule has 1 aromatic rings. The minimum Gasteiger partial charge on any atom is -0.309 e. The largest absolute Gasteiger partial charge is 0.309 e. The summed E-state index contributed by atoms with van der Waals surface area (Å²) in [5.74, 6) is -1.55. The lowest BCUT2D eigenvalue weighted by atomic mass is 9.82. The van der Waals surface area contributed by atoms with Gasteiger partial charge in [0.05, 0.1) is 6.04 Å². The Kier molecular flexibility index (Phi) is 4.76. The molecule has 20 heavy (non-hydrogen) atoms. The molecule has 1 fully saturated rings. The average Bonchev–Trinajstić information content (AvgIpc) is 2.90. The maximum atomic E-state index is 13.6. The van der Waals surface area contributed by atoms with Gasteiger partial charge in [-0.15, -0.1) is 0 Å². The quantitative estimate of drug-likeness (QED) is 0.889. The standard InChI is InChI=1S/C16H24F2N2/c1-4-19-15(12-7-8-13(17)14(18)11-12)16(20(2)3)9-5-6-10-16/h7-8,11,15,19H,4-6,9-10H2,1-3H3. The first kappa shape index (κ1) is 15.4. The molecule has 0 heterocycles. The number of likely N-dealkylation sites (N-methyl/N-ethyl adjacent to an activating group) is 2. The normalized spacial score (nSPS) is 19.5. The highest BCUT2D eigenvalue weighted by Crippen LogP contribution is 2.43. The molecular formula is C16H24F2N2. The summed E-state index contributed by atoms with van der Waals surface area (Å²) in [5, 5.41) is 3.48. The van der Waals surface area contributed by atoms with Crippen LogP contribution in [0, 0.1) is 11.6 Å². The van der Waals surface area contributed by atoms with Gasteiger partial charge in [-0.1, -0.05) is 25.8 Å². The smallest absolute Gasteiger partial charge is 0.159 e. The first-order valence-corrected chi connectivity index (χ1v) is 7.37. The molecule has 1 N–H and O–H groups in total. The highest BCUT2D eigenvalue weighted by Gasteiger charge is 2.43. The second kappa shape index (κ2) is 6.19. The Morgan fingerprint density at radius 1 is 1.20 bits per heavy atom. The van der Waals surface area contributed by atoms with Crippen LogP contribution in [0.3, 0.4) is 0 Å². The second-order valence-corrected chi connectivity index (χ2v) is 5.87. The Bertz CT molecular complexity index is 454. The number of nitrogens with one attached hydrogen (secondary N) is 1. The second-order valence-electron chi connectivity index (χ2n) is 5.87. The summed E-state index contributed by atoms with van der Waals surface area (Å²) in [6, 6.07) is 4.30. The van der Waals surface area contributed by atoms with Crippen molar-refractivity contribution >= 4 is 0 Å². The summed E-state index contributed by atoms with van der Waals surface area (Å²) in [7, 11) is 4.16. The van der Waals surface area contributed by atoms with Crippen molar-refractivity contribution in [1.82, 2.24) is 10.2 Å². The minimum absolute atomic E-state index is 0.0136. The summed E-state index contributed by atoms with van der Waals surface area (Å²) >= 11 is 0. The first-order chi connectivity index (χ1) is 9.51. The van der Waals surface area contributed by atoms with Crippen LogP contribution in [0.25, 0.3) is 0 Å². The van der Waals surface area contributed by atoms with E-state index in [2.05, 4.69) is 24.3 Å². The van der Waals surface area contributed by atoms with E-state index in [4.69, 9.17) is 0 Å². The summed E-state index contributed by atoms with van der Waals surface area (Å²) < 4.78 is 26.7. The van der Waals surface area contributed by atoms with Gasteiger partial charge in [-0.05, 0) is 51.2 Å². The third kappa shape index (κ3) is 2.72. The van der Waals surface area contributed by atoms with Gasteiger partial charge in [0.2, 0.25) is 0 Å². The van der Waals surface area contributed by atoms with Crippen molar-refractivity contribution in [2.45, 2.75) is 44.2 Å². The van der Waals surface area contributed by atoms with Crippen molar-refractivity contribution in [1.29, 1.82) is 0 Å². The Morgan fingerprint density at radius 3 is 2.35 bits per heavy atom. The highest BCUT2D eigenvalue weighted by molar-refractivity contribution is 5.26. The van der Waals surface area contributed by atoms with Crippen LogP contribution in [0.5, 0.6) is 0 Å². The molecule has 1 atom stereocenters. The van der Waals surface area contributed by atoms with Crippen molar-refractivity contribution in [3.05, 3.63) is 35.4 Å². The molecule has 4 heteroatoms. The fourth-order valence-corrected chi connectivity index (χ4v) is 3.50. The summed E-state index contributed by atoms with van der Waals surface area (Å²) in [4.78, 5) is 2.24. The molecule has 1 aliphatic rings. The summed E-state index contributed by atoms with van der Waals surface area (Å²) in [5.41, 5.74) is 0.821. The average molecular weight is 282 g/mol. The van der Waals surface area contributed by atoms with Crippen molar-refractivity contribution < 1.29 is 8.78 Å². The molecule has 0 aromatic heterocycles. The minimum atomic E-state index is -0.783. The van der Waals surface area contributed by atoms with Crippen molar-refractivity contribution in [3.8, 4) is 0 Å². The van der Waals surface area contributed by atoms with Gasteiger partial charge in [0.1, 0.15) is 0 Å². The molecule has 0 bridgehead atoms. The molecular weight excluding hydrogens is 258 g/mol. The number of rotatable bonds is 5. The molecule has 1 aliphatic carbocycles. The molecule has 2 rings (SSSR count). The number of benzene rings is 1. The highest BCUT2D eigenvalue weighted by atomic mass is 19.2. The zero-order valence-electron chi connectivity index (χ0n) is 12.5. The topological polar surface area (TPSA) is 15.3 Å². The third-order valence-electron chi connectivity index (χ3n) is 4.58. The maximum Gasteiger partial charge on any atom is 0.159 e. The number of hydrogen-bond donors (Lipinski definition) is 1. The zero-order chi connectivity index (χ0) is 14.8. The van der Waals surface area contributed by atoms with Gasteiger partial charge in [-0.2, -0.15) is 0 Å². The summed E-state index contributed by atoms with van der Waals surface area (Å²) in [6.07, 6.45) is 4.53. The van der Waals surface area contributed by atoms with Crippen LogP contribution in [0.1, 0.15) is 44.2 Å². The van der Waals surface area contributed by atoms with E-state index in [1.807, 2.05) is 6.92 Å². The van der Waals surface area contributed by atoms with E-state index < -0.39 is 11.6 Å². The van der Waals surface area contributed by atoms with Gasteiger partial charge < -0.3 is 10.2 Å². The van der Waals surface area contributed by atoms with Crippen LogP contribution in [0.15, 0.2) is 18.2 Å². The molecule has 1 saturated carbocycles. The lowest BCUT2D eigenvalue weighted by Crippen LogP contribution is -2.52. The van der Waals surface area contributed by atoms with Crippen LogP contribution in [0.2, 0.25) is 0 Å². The number of hydrogen-bond acceptors (Lipinski definition) is 2. The van der Waals surface area contributed by atoms with E-state index in [9.17, 15) is 8.78 Å². The molecule has 0 spiro atoms.